The van der Waals surface area contributed by atoms with Crippen LogP contribution in [0.1, 0.15) is 12.8 Å². The van der Waals surface area contributed by atoms with Crippen LogP contribution < -0.4 is 5.43 Å². The smallest absolute Gasteiger partial charge is 0.430 e. The number of carbonyl (C=O) groups excluding carboxylic acids is 4. The molecule has 1 atom stereocenters. The van der Waals surface area contributed by atoms with E-state index in [0.717, 1.165) is 23.0 Å². The number of nitrogens with zero attached hydrogens (tertiary/aromatic N) is 3. The summed E-state index contributed by atoms with van der Waals surface area (Å²) in [5.41, 5.74) is 2.14. The first-order valence-corrected chi connectivity index (χ1v) is 6.46. The van der Waals surface area contributed by atoms with E-state index in [2.05, 4.69) is 5.43 Å². The van der Waals surface area contributed by atoms with Gasteiger partial charge in [-0.3, -0.25) is 19.3 Å². The average Bonchev–Trinajstić information content (AvgIpc) is 3.06. The van der Waals surface area contributed by atoms with E-state index in [1.807, 2.05) is 0 Å². The second kappa shape index (κ2) is 4.75. The Morgan fingerprint density at radius 1 is 1.05 bits per heavy atom. The Morgan fingerprint density at radius 3 is 2.35 bits per heavy atom. The molecule has 0 spiro atoms. The molecule has 1 unspecified atom stereocenters. The van der Waals surface area contributed by atoms with Gasteiger partial charge in [0.15, 0.2) is 6.04 Å². The molecule has 0 aliphatic carbocycles. The number of ketones is 1. The number of ether oxygens (including phenoxy) is 1. The zero-order valence-electron chi connectivity index (χ0n) is 10.7. The highest BCUT2D eigenvalue weighted by Gasteiger charge is 2.48. The largest absolute Gasteiger partial charge is 0.446 e. The van der Waals surface area contributed by atoms with E-state index < -0.39 is 29.7 Å². The Kier molecular flexibility index (Phi) is 3.05. The van der Waals surface area contributed by atoms with Crippen molar-refractivity contribution in [3.05, 3.63) is 0 Å². The van der Waals surface area contributed by atoms with Gasteiger partial charge in [0, 0.05) is 0 Å². The molecule has 9 nitrogen and oxygen atoms in total. The van der Waals surface area contributed by atoms with Gasteiger partial charge < -0.3 is 4.74 Å². The second-order valence-electron chi connectivity index (χ2n) is 4.84. The van der Waals surface area contributed by atoms with Crippen LogP contribution in [0.5, 0.6) is 0 Å². The standard InChI is InChI=1S/C11H14N4O5/c16-8-7(13-3-1-2-4-13)10(18)15(12-9(8)17)14-5-6-20-11(14)19/h7H,1-6H2,(H,12,17). The van der Waals surface area contributed by atoms with Gasteiger partial charge in [0.25, 0.3) is 5.91 Å². The summed E-state index contributed by atoms with van der Waals surface area (Å²) in [6, 6.07) is -1.14. The number of rotatable bonds is 2. The van der Waals surface area contributed by atoms with Gasteiger partial charge in [-0.2, -0.15) is 5.01 Å². The van der Waals surface area contributed by atoms with Gasteiger partial charge in [-0.1, -0.05) is 0 Å². The number of cyclic esters (lactones) is 1. The average molecular weight is 282 g/mol. The van der Waals surface area contributed by atoms with Crippen molar-refractivity contribution in [2.24, 2.45) is 0 Å². The molecule has 0 aromatic heterocycles. The lowest BCUT2D eigenvalue weighted by Crippen LogP contribution is -2.70. The highest BCUT2D eigenvalue weighted by atomic mass is 16.6. The van der Waals surface area contributed by atoms with Gasteiger partial charge in [0.1, 0.15) is 6.61 Å². The van der Waals surface area contributed by atoms with E-state index in [9.17, 15) is 19.2 Å². The molecular weight excluding hydrogens is 268 g/mol. The van der Waals surface area contributed by atoms with E-state index in [-0.39, 0.29) is 13.2 Å². The van der Waals surface area contributed by atoms with Crippen molar-refractivity contribution in [1.29, 1.82) is 0 Å². The Morgan fingerprint density at radius 2 is 1.75 bits per heavy atom. The van der Waals surface area contributed by atoms with E-state index in [0.29, 0.717) is 13.1 Å². The maximum atomic E-state index is 12.4. The Labute approximate surface area is 114 Å². The third-order valence-corrected chi connectivity index (χ3v) is 3.61. The molecule has 0 radical (unpaired) electrons. The third-order valence-electron chi connectivity index (χ3n) is 3.61. The molecule has 0 saturated carbocycles. The number of likely N-dealkylation sites (tertiary alicyclic amines) is 1. The maximum absolute atomic E-state index is 12.4. The number of hydrazine groups is 2. The van der Waals surface area contributed by atoms with E-state index >= 15 is 0 Å². The molecule has 0 aromatic rings. The Hall–Kier alpha value is -2.16. The number of hydrogen-bond acceptors (Lipinski definition) is 6. The molecule has 1 N–H and O–H groups in total. The molecule has 0 aromatic carbocycles. The van der Waals surface area contributed by atoms with Crippen LogP contribution in [0.3, 0.4) is 0 Å². The maximum Gasteiger partial charge on any atom is 0.430 e. The van der Waals surface area contributed by atoms with Crippen molar-refractivity contribution in [1.82, 2.24) is 20.5 Å². The predicted molar refractivity (Wildman–Crippen MR) is 62.6 cm³/mol. The SMILES string of the molecule is O=C1NN(N2CCOC2=O)C(=O)C(N2CCCC2)C1=O. The minimum absolute atomic E-state index is 0.140. The van der Waals surface area contributed by atoms with Crippen molar-refractivity contribution in [2.75, 3.05) is 26.2 Å². The van der Waals surface area contributed by atoms with Crippen molar-refractivity contribution in [3.63, 3.8) is 0 Å². The van der Waals surface area contributed by atoms with E-state index in [1.165, 1.54) is 0 Å². The summed E-state index contributed by atoms with van der Waals surface area (Å²) in [5.74, 6) is -2.28. The van der Waals surface area contributed by atoms with Gasteiger partial charge in [-0.25, -0.2) is 10.2 Å². The van der Waals surface area contributed by atoms with Crippen LogP contribution in [0, 0.1) is 0 Å². The first kappa shape index (κ1) is 12.9. The van der Waals surface area contributed by atoms with Crippen LogP contribution in [0.15, 0.2) is 0 Å². The minimum atomic E-state index is -1.14. The van der Waals surface area contributed by atoms with Crippen molar-refractivity contribution in [3.8, 4) is 0 Å². The molecule has 20 heavy (non-hydrogen) atoms. The summed E-state index contributed by atoms with van der Waals surface area (Å²) in [4.78, 5) is 49.2. The Balaban J connectivity index is 1.85. The summed E-state index contributed by atoms with van der Waals surface area (Å²) < 4.78 is 4.73. The molecule has 0 bridgehead atoms. The first-order chi connectivity index (χ1) is 9.59. The first-order valence-electron chi connectivity index (χ1n) is 6.46. The lowest BCUT2D eigenvalue weighted by Gasteiger charge is -2.37. The predicted octanol–water partition coefficient (Wildman–Crippen LogP) is -1.74. The highest BCUT2D eigenvalue weighted by Crippen LogP contribution is 2.19. The van der Waals surface area contributed by atoms with Crippen molar-refractivity contribution in [2.45, 2.75) is 18.9 Å². The lowest BCUT2D eigenvalue weighted by molar-refractivity contribution is -0.173. The van der Waals surface area contributed by atoms with Crippen LogP contribution in [0.2, 0.25) is 0 Å². The molecule has 3 rings (SSSR count). The molecule has 9 heteroatoms. The number of Topliss-reactive ketones (excluding diaryl/α,β-unsaturated/α-hetero) is 1. The monoisotopic (exact) mass is 282 g/mol. The van der Waals surface area contributed by atoms with Gasteiger partial charge in [-0.15, -0.1) is 5.12 Å². The van der Waals surface area contributed by atoms with E-state index in [1.54, 1.807) is 4.90 Å². The van der Waals surface area contributed by atoms with Crippen LogP contribution in [0.4, 0.5) is 4.79 Å². The van der Waals surface area contributed by atoms with Gasteiger partial charge in [0.2, 0.25) is 5.78 Å². The second-order valence-corrected chi connectivity index (χ2v) is 4.84. The normalized spacial score (nSPS) is 28.1. The molecule has 3 heterocycles. The zero-order chi connectivity index (χ0) is 14.3. The highest BCUT2D eigenvalue weighted by molar-refractivity contribution is 6.43. The fraction of sp³-hybridized carbons (Fsp3) is 0.636. The van der Waals surface area contributed by atoms with Crippen LogP contribution >= 0.6 is 0 Å². The molecule has 108 valence electrons. The zero-order valence-corrected chi connectivity index (χ0v) is 10.7. The molecular formula is C11H14N4O5. The van der Waals surface area contributed by atoms with Gasteiger partial charge in [-0.05, 0) is 25.9 Å². The molecule has 3 aliphatic rings. The summed E-state index contributed by atoms with van der Waals surface area (Å²) in [6.07, 6.45) is 1.04. The number of amides is 3. The summed E-state index contributed by atoms with van der Waals surface area (Å²) in [7, 11) is 0. The van der Waals surface area contributed by atoms with Gasteiger partial charge in [0.05, 0.1) is 6.54 Å². The minimum Gasteiger partial charge on any atom is -0.446 e. The number of hydrogen-bond donors (Lipinski definition) is 1. The fourth-order valence-electron chi connectivity index (χ4n) is 2.63. The van der Waals surface area contributed by atoms with Gasteiger partial charge >= 0.3 is 12.0 Å². The summed E-state index contributed by atoms with van der Waals surface area (Å²) in [5, 5.41) is 1.80. The summed E-state index contributed by atoms with van der Waals surface area (Å²) >= 11 is 0. The third kappa shape index (κ3) is 1.90. The Bertz CT molecular complexity index is 487. The van der Waals surface area contributed by atoms with Crippen LogP contribution in [-0.4, -0.2) is 71.0 Å². The number of carbonyl (C=O) groups is 4. The topological polar surface area (TPSA) is 99.3 Å². The molecule has 3 fully saturated rings. The van der Waals surface area contributed by atoms with Crippen molar-refractivity contribution >= 4 is 23.7 Å². The van der Waals surface area contributed by atoms with E-state index in [4.69, 9.17) is 4.74 Å². The molecule has 3 aliphatic heterocycles. The molecule has 3 saturated heterocycles. The fourth-order valence-corrected chi connectivity index (χ4v) is 2.63. The van der Waals surface area contributed by atoms with Crippen LogP contribution in [-0.2, 0) is 19.1 Å². The quantitative estimate of drug-likeness (QED) is 0.477. The lowest BCUT2D eigenvalue weighted by atomic mass is 10.1. The van der Waals surface area contributed by atoms with Crippen LogP contribution in [0.25, 0.3) is 0 Å². The number of nitrogens with one attached hydrogen (secondary N) is 1. The van der Waals surface area contributed by atoms with Crippen molar-refractivity contribution < 1.29 is 23.9 Å². The molecule has 3 amide bonds. The summed E-state index contributed by atoms with van der Waals surface area (Å²) in [6.45, 7) is 1.48.